The summed E-state index contributed by atoms with van der Waals surface area (Å²) in [6.45, 7) is 0. The molecule has 9 aromatic rings. The van der Waals surface area contributed by atoms with E-state index in [4.69, 9.17) is 0 Å². The topological polar surface area (TPSA) is 4.93 Å². The average molecular weight is 602 g/mol. The highest BCUT2D eigenvalue weighted by Crippen LogP contribution is 2.49. The van der Waals surface area contributed by atoms with Crippen molar-refractivity contribution >= 4 is 55.1 Å². The van der Waals surface area contributed by atoms with Gasteiger partial charge in [0.15, 0.2) is 0 Å². The van der Waals surface area contributed by atoms with Gasteiger partial charge in [-0.2, -0.15) is 0 Å². The molecule has 8 aromatic carbocycles. The Morgan fingerprint density at radius 3 is 1.98 bits per heavy atom. The third kappa shape index (κ3) is 3.84. The fourth-order valence-electron chi connectivity index (χ4n) is 7.44. The molecule has 1 nitrogen and oxygen atoms in total. The number of hydrogen-bond donors (Lipinski definition) is 0. The molecule has 2 heterocycles. The predicted molar refractivity (Wildman–Crippen MR) is 196 cm³/mol. The van der Waals surface area contributed by atoms with Crippen molar-refractivity contribution in [1.82, 2.24) is 4.57 Å². The van der Waals surface area contributed by atoms with E-state index < -0.39 is 0 Å². The number of fused-ring (bicyclic) bond motifs is 7. The highest BCUT2D eigenvalue weighted by Gasteiger charge is 2.20. The van der Waals surface area contributed by atoms with Crippen molar-refractivity contribution < 1.29 is 0 Å². The first-order chi connectivity index (χ1) is 22.8. The van der Waals surface area contributed by atoms with Crippen molar-refractivity contribution in [1.29, 1.82) is 0 Å². The predicted octanol–water partition coefficient (Wildman–Crippen LogP) is 12.6. The number of hydrogen-bond acceptors (Lipinski definition) is 1. The number of para-hydroxylation sites is 1. The van der Waals surface area contributed by atoms with Crippen LogP contribution in [0.5, 0.6) is 0 Å². The largest absolute Gasteiger partial charge is 0.309 e. The minimum Gasteiger partial charge on any atom is -0.309 e. The van der Waals surface area contributed by atoms with Crippen LogP contribution in [0.25, 0.3) is 82.4 Å². The molecule has 0 radical (unpaired) electrons. The van der Waals surface area contributed by atoms with Crippen LogP contribution >= 0.6 is 11.8 Å². The molecule has 0 amide bonds. The second-order valence-corrected chi connectivity index (χ2v) is 13.2. The van der Waals surface area contributed by atoms with E-state index in [1.165, 1.54) is 92.2 Å². The Hall–Kier alpha value is -5.57. The van der Waals surface area contributed by atoms with Gasteiger partial charge in [-0.1, -0.05) is 133 Å². The van der Waals surface area contributed by atoms with Gasteiger partial charge in [0.25, 0.3) is 0 Å². The second-order valence-electron chi connectivity index (χ2n) is 12.1. The van der Waals surface area contributed by atoms with Crippen LogP contribution in [0, 0.1) is 0 Å². The molecule has 0 saturated heterocycles. The van der Waals surface area contributed by atoms with Crippen LogP contribution < -0.4 is 0 Å². The summed E-state index contributed by atoms with van der Waals surface area (Å²) in [4.78, 5) is 2.66. The number of benzene rings is 8. The van der Waals surface area contributed by atoms with E-state index in [-0.39, 0.29) is 0 Å². The summed E-state index contributed by atoms with van der Waals surface area (Å²) in [6.07, 6.45) is 0. The van der Waals surface area contributed by atoms with Crippen molar-refractivity contribution in [2.24, 2.45) is 0 Å². The molecule has 0 aliphatic carbocycles. The number of nitrogens with zero attached hydrogens (tertiary/aromatic N) is 1. The minimum atomic E-state index is 1.17. The number of aromatic nitrogens is 1. The lowest BCUT2D eigenvalue weighted by Crippen LogP contribution is -1.95. The maximum atomic E-state index is 2.44. The normalized spacial score (nSPS) is 12.3. The van der Waals surface area contributed by atoms with E-state index in [9.17, 15) is 0 Å². The summed E-state index contributed by atoms with van der Waals surface area (Å²) in [5.74, 6) is 0. The van der Waals surface area contributed by atoms with Gasteiger partial charge in [-0.25, -0.2) is 0 Å². The molecule has 0 atom stereocenters. The van der Waals surface area contributed by atoms with Crippen LogP contribution in [0.4, 0.5) is 0 Å². The minimum absolute atomic E-state index is 1.17. The fraction of sp³-hybridized carbons (Fsp3) is 0. The Bertz CT molecular complexity index is 2670. The smallest absolute Gasteiger partial charge is 0.0619 e. The molecule has 0 fully saturated rings. The van der Waals surface area contributed by atoms with Gasteiger partial charge in [0.05, 0.1) is 11.0 Å². The third-order valence-corrected chi connectivity index (χ3v) is 10.7. The molecule has 0 unspecified atom stereocenters. The van der Waals surface area contributed by atoms with Crippen molar-refractivity contribution in [3.8, 4) is 39.1 Å². The molecular weight excluding hydrogens is 575 g/mol. The van der Waals surface area contributed by atoms with Gasteiger partial charge in [-0.3, -0.25) is 0 Å². The molecule has 1 aliphatic rings. The van der Waals surface area contributed by atoms with Crippen molar-refractivity contribution in [2.75, 3.05) is 0 Å². The van der Waals surface area contributed by atoms with E-state index in [1.54, 1.807) is 0 Å². The monoisotopic (exact) mass is 601 g/mol. The summed E-state index contributed by atoms with van der Waals surface area (Å²) >= 11 is 1.88. The highest BCUT2D eigenvalue weighted by molar-refractivity contribution is 7.99. The first-order valence-electron chi connectivity index (χ1n) is 15.8. The molecule has 1 aliphatic heterocycles. The lowest BCUT2D eigenvalue weighted by molar-refractivity contribution is 1.19. The van der Waals surface area contributed by atoms with Crippen LogP contribution in [0.1, 0.15) is 0 Å². The van der Waals surface area contributed by atoms with Gasteiger partial charge in [-0.05, 0) is 86.6 Å². The molecule has 0 spiro atoms. The SMILES string of the molecule is c1cc(-c2cccc(-n3c4ccccc4c4ccc5ccccc5c43)c2)cc(-c2ccc3c(c2)-c2cccc4cccc(c24)S3)c1. The van der Waals surface area contributed by atoms with Crippen molar-refractivity contribution in [2.45, 2.75) is 9.79 Å². The zero-order chi connectivity index (χ0) is 30.2. The quantitative estimate of drug-likeness (QED) is 0.195. The molecule has 0 saturated carbocycles. The zero-order valence-corrected chi connectivity index (χ0v) is 25.8. The Morgan fingerprint density at radius 1 is 0.391 bits per heavy atom. The summed E-state index contributed by atoms with van der Waals surface area (Å²) in [5, 5.41) is 7.75. The fourth-order valence-corrected chi connectivity index (χ4v) is 8.57. The second kappa shape index (κ2) is 9.97. The Balaban J connectivity index is 1.11. The van der Waals surface area contributed by atoms with E-state index in [0.29, 0.717) is 0 Å². The van der Waals surface area contributed by atoms with Crippen LogP contribution in [0.2, 0.25) is 0 Å². The van der Waals surface area contributed by atoms with Gasteiger partial charge >= 0.3 is 0 Å². The van der Waals surface area contributed by atoms with E-state index in [2.05, 4.69) is 168 Å². The van der Waals surface area contributed by atoms with Gasteiger partial charge in [0.1, 0.15) is 0 Å². The molecule has 46 heavy (non-hydrogen) atoms. The van der Waals surface area contributed by atoms with Crippen LogP contribution in [-0.2, 0) is 0 Å². The maximum Gasteiger partial charge on any atom is 0.0619 e. The van der Waals surface area contributed by atoms with Gasteiger partial charge in [0, 0.05) is 37.0 Å². The summed E-state index contributed by atoms with van der Waals surface area (Å²) in [5.41, 5.74) is 11.2. The van der Waals surface area contributed by atoms with E-state index >= 15 is 0 Å². The Labute approximate surface area is 271 Å². The lowest BCUT2D eigenvalue weighted by Gasteiger charge is -2.21. The van der Waals surface area contributed by atoms with E-state index in [0.717, 1.165) is 0 Å². The van der Waals surface area contributed by atoms with Gasteiger partial charge in [-0.15, -0.1) is 0 Å². The van der Waals surface area contributed by atoms with Crippen LogP contribution in [-0.4, -0.2) is 4.57 Å². The van der Waals surface area contributed by atoms with Crippen LogP contribution in [0.15, 0.2) is 174 Å². The van der Waals surface area contributed by atoms with E-state index in [1.807, 2.05) is 11.8 Å². The lowest BCUT2D eigenvalue weighted by atomic mass is 9.93. The first-order valence-corrected chi connectivity index (χ1v) is 16.6. The average Bonchev–Trinajstić information content (AvgIpc) is 3.47. The third-order valence-electron chi connectivity index (χ3n) is 9.55. The highest BCUT2D eigenvalue weighted by atomic mass is 32.2. The summed E-state index contributed by atoms with van der Waals surface area (Å²) in [6, 6.07) is 60.3. The molecular formula is C44H27NS. The summed E-state index contributed by atoms with van der Waals surface area (Å²) < 4.78 is 2.44. The van der Waals surface area contributed by atoms with Gasteiger partial charge < -0.3 is 4.57 Å². The Morgan fingerprint density at radius 2 is 1.09 bits per heavy atom. The molecule has 214 valence electrons. The molecule has 0 N–H and O–H groups in total. The standard InChI is InChI=1S/C44H27NS/c1-2-16-35-28(9-1)21-23-38-36-17-3-4-19-40(36)45(44(35)38)34-15-6-14-32(26-34)30-12-5-13-31(25-30)33-22-24-41-39(27-33)37-18-7-10-29-11-8-20-42(46-41)43(29)37/h1-27H. The molecule has 0 bridgehead atoms. The zero-order valence-electron chi connectivity index (χ0n) is 24.9. The molecule has 10 rings (SSSR count). The molecule has 1 aromatic heterocycles. The van der Waals surface area contributed by atoms with Gasteiger partial charge in [0.2, 0.25) is 0 Å². The van der Waals surface area contributed by atoms with Crippen LogP contribution in [0.3, 0.4) is 0 Å². The van der Waals surface area contributed by atoms with Crippen molar-refractivity contribution in [3.63, 3.8) is 0 Å². The Kier molecular flexibility index (Phi) is 5.58. The van der Waals surface area contributed by atoms with Crippen molar-refractivity contribution in [3.05, 3.63) is 164 Å². The molecule has 2 heteroatoms. The summed E-state index contributed by atoms with van der Waals surface area (Å²) in [7, 11) is 0. The maximum absolute atomic E-state index is 2.44. The number of rotatable bonds is 3. The first kappa shape index (κ1) is 25.7.